The van der Waals surface area contributed by atoms with Gasteiger partial charge in [-0.1, -0.05) is 6.92 Å². The lowest BCUT2D eigenvalue weighted by atomic mass is 9.89. The van der Waals surface area contributed by atoms with E-state index in [0.717, 1.165) is 18.6 Å². The number of piperidine rings is 2. The standard InChI is InChI=1S/C43H45F4N9O5/c1-23-5-4-14-61-41-29(20-48-54(41)3)33-18-27(15-24(2)49-33)39(59)53-42-50-32-8-6-26(19-34(32)56(42)21-23)38(58)51-35-11-13-55(22-43(35,46)47)12-10-25-16-30(44)37(31(45)17-25)28-7-9-36(57)52-40(28)60/h6,8,15-20,23,28,35H,4-5,7,9-14,21-22H2,1-3H3,(H,51,58)(H,50,53,59)(H,52,57,60)/t23-,28-,35-/m1/s1. The van der Waals surface area contributed by atoms with Gasteiger partial charge in [-0.15, -0.1) is 0 Å². The van der Waals surface area contributed by atoms with Crippen LogP contribution >= 0.6 is 0 Å². The predicted molar refractivity (Wildman–Crippen MR) is 217 cm³/mol. The van der Waals surface area contributed by atoms with Crippen molar-refractivity contribution in [3.63, 3.8) is 0 Å². The van der Waals surface area contributed by atoms with E-state index in [1.165, 1.54) is 11.0 Å². The maximum Gasteiger partial charge on any atom is 0.280 e. The van der Waals surface area contributed by atoms with Crippen LogP contribution in [0.1, 0.15) is 82.5 Å². The molecule has 3 atom stereocenters. The Kier molecular flexibility index (Phi) is 11.4. The van der Waals surface area contributed by atoms with Crippen molar-refractivity contribution in [1.29, 1.82) is 0 Å². The molecule has 4 aliphatic heterocycles. The lowest BCUT2D eigenvalue weighted by Crippen LogP contribution is -2.58. The van der Waals surface area contributed by atoms with Crippen LogP contribution in [0.4, 0.5) is 28.9 Å². The number of benzene rings is 2. The first kappa shape index (κ1) is 41.6. The fourth-order valence-corrected chi connectivity index (χ4v) is 8.44. The highest BCUT2D eigenvalue weighted by Gasteiger charge is 2.45. The van der Waals surface area contributed by atoms with E-state index in [-0.39, 0.29) is 61.8 Å². The average molecular weight is 844 g/mol. The lowest BCUT2D eigenvalue weighted by Gasteiger charge is -2.38. The van der Waals surface area contributed by atoms with Crippen LogP contribution in [0.3, 0.4) is 0 Å². The molecule has 3 N–H and O–H groups in total. The van der Waals surface area contributed by atoms with Gasteiger partial charge in [0, 0.05) is 55.5 Å². The van der Waals surface area contributed by atoms with Crippen LogP contribution in [0.25, 0.3) is 11.3 Å². The fourth-order valence-electron chi connectivity index (χ4n) is 8.44. The minimum absolute atomic E-state index is 0.0165. The third-order valence-electron chi connectivity index (χ3n) is 11.6. The number of pyridine rings is 1. The predicted octanol–water partition coefficient (Wildman–Crippen LogP) is 5.51. The number of ether oxygens (including phenoxy) is 1. The highest BCUT2D eigenvalue weighted by atomic mass is 19.3. The van der Waals surface area contributed by atoms with Crippen LogP contribution in [-0.4, -0.2) is 94.0 Å². The van der Waals surface area contributed by atoms with Gasteiger partial charge >= 0.3 is 0 Å². The molecule has 0 radical (unpaired) electrons. The van der Waals surface area contributed by atoms with Crippen LogP contribution in [0.15, 0.2) is 53.7 Å². The van der Waals surface area contributed by atoms with Crippen LogP contribution < -0.4 is 25.6 Å². The largest absolute Gasteiger partial charge is 0.477 e. The van der Waals surface area contributed by atoms with Crippen LogP contribution in [0, 0.1) is 24.5 Å². The number of nitrogens with zero attached hydrogens (tertiary/aromatic N) is 6. The summed E-state index contributed by atoms with van der Waals surface area (Å²) >= 11 is 0. The highest BCUT2D eigenvalue weighted by molar-refractivity contribution is 6.19. The van der Waals surface area contributed by atoms with E-state index in [4.69, 9.17) is 4.74 Å². The van der Waals surface area contributed by atoms with Gasteiger partial charge in [-0.05, 0) is 93.0 Å². The molecule has 0 unspecified atom stereocenters. The van der Waals surface area contributed by atoms with Gasteiger partial charge in [-0.25, -0.2) is 22.2 Å². The van der Waals surface area contributed by atoms with Gasteiger partial charge in [0.05, 0.1) is 53.9 Å². The Balaban J connectivity index is 0.942. The smallest absolute Gasteiger partial charge is 0.280 e. The molecule has 320 valence electrons. The van der Waals surface area contributed by atoms with Crippen molar-refractivity contribution in [2.75, 3.05) is 43.0 Å². The third kappa shape index (κ3) is 8.71. The molecule has 18 heteroatoms. The Bertz CT molecular complexity index is 2430. The number of aromatic nitrogens is 3. The normalized spacial score (nSPS) is 22.6. The maximum absolute atomic E-state index is 15.6. The zero-order valence-corrected chi connectivity index (χ0v) is 33.9. The number of carbonyl (C=O) groups excluding carboxylic acids is 4. The molecule has 4 amide bonds. The Hall–Kier alpha value is -6.17. The molecule has 6 heterocycles. The van der Waals surface area contributed by atoms with Gasteiger partial charge in [-0.3, -0.25) is 34.4 Å². The summed E-state index contributed by atoms with van der Waals surface area (Å²) in [5.74, 6) is -7.92. The van der Waals surface area contributed by atoms with Crippen molar-refractivity contribution < 1.29 is 41.5 Å². The summed E-state index contributed by atoms with van der Waals surface area (Å²) in [6.07, 6.45) is 3.05. The molecule has 61 heavy (non-hydrogen) atoms. The van der Waals surface area contributed by atoms with E-state index in [1.54, 1.807) is 49.1 Å². The maximum atomic E-state index is 15.6. The second-order valence-electron chi connectivity index (χ2n) is 16.3. The summed E-state index contributed by atoms with van der Waals surface area (Å²) < 4.78 is 69.2. The molecule has 0 saturated carbocycles. The lowest BCUT2D eigenvalue weighted by molar-refractivity contribution is -0.134. The number of aliphatic imine (C=N–C) groups is 1. The van der Waals surface area contributed by atoms with E-state index < -0.39 is 65.3 Å². The van der Waals surface area contributed by atoms with E-state index in [9.17, 15) is 19.2 Å². The molecule has 4 aliphatic rings. The number of aryl methyl sites for hydroxylation is 2. The first-order valence-electron chi connectivity index (χ1n) is 20.3. The number of alkyl halides is 2. The van der Waals surface area contributed by atoms with E-state index in [0.29, 0.717) is 59.3 Å². The van der Waals surface area contributed by atoms with Crippen molar-refractivity contribution in [2.45, 2.75) is 70.3 Å². The van der Waals surface area contributed by atoms with Crippen molar-refractivity contribution in [1.82, 2.24) is 30.3 Å². The molecular weight excluding hydrogens is 799 g/mol. The number of guanidine groups is 1. The number of imide groups is 1. The molecule has 2 aromatic carbocycles. The van der Waals surface area contributed by atoms with Gasteiger partial charge in [-0.2, -0.15) is 10.1 Å². The number of fused-ring (bicyclic) bond motifs is 7. The SMILES string of the molecule is Cc1cc2cc(n1)-c1cnn(C)c1OCCC[C@@H](C)CN1/C(=N/C2=O)Nc2ccc(C(=O)N[C@@H]3CCN(CCc4cc(F)c([C@H]5CCC(=O)NC5=O)c(F)c4)CC3(F)F)cc21. The molecule has 2 fully saturated rings. The number of amides is 4. The molecule has 0 spiro atoms. The number of hydrogen-bond acceptors (Lipinski definition) is 10. The summed E-state index contributed by atoms with van der Waals surface area (Å²) in [5, 5.41) is 12.2. The Labute approximate surface area is 348 Å². The molecule has 14 nitrogen and oxygen atoms in total. The molecule has 0 aliphatic carbocycles. The number of hydrogen-bond donors (Lipinski definition) is 3. The Morgan fingerprint density at radius 2 is 1.82 bits per heavy atom. The monoisotopic (exact) mass is 843 g/mol. The minimum atomic E-state index is -3.33. The summed E-state index contributed by atoms with van der Waals surface area (Å²) in [5.41, 5.74) is 3.21. The quantitative estimate of drug-likeness (QED) is 0.167. The first-order valence-corrected chi connectivity index (χ1v) is 20.3. The summed E-state index contributed by atoms with van der Waals surface area (Å²) in [6.45, 7) is 4.27. The van der Waals surface area contributed by atoms with Gasteiger partial charge in [0.1, 0.15) is 11.6 Å². The van der Waals surface area contributed by atoms with Crippen molar-refractivity contribution in [2.24, 2.45) is 18.0 Å². The van der Waals surface area contributed by atoms with Crippen molar-refractivity contribution in [3.8, 4) is 17.1 Å². The van der Waals surface area contributed by atoms with Crippen LogP contribution in [-0.2, 0) is 23.1 Å². The second-order valence-corrected chi connectivity index (χ2v) is 16.3. The minimum Gasteiger partial charge on any atom is -0.477 e. The van der Waals surface area contributed by atoms with E-state index in [1.807, 2.05) is 4.90 Å². The van der Waals surface area contributed by atoms with Crippen LogP contribution in [0.2, 0.25) is 0 Å². The fraction of sp³-hybridized carbons (Fsp3) is 0.419. The number of carbonyl (C=O) groups is 4. The number of halogens is 4. The zero-order chi connectivity index (χ0) is 43.2. The Morgan fingerprint density at radius 1 is 1.03 bits per heavy atom. The van der Waals surface area contributed by atoms with Crippen molar-refractivity contribution in [3.05, 3.63) is 88.2 Å². The number of nitrogens with one attached hydrogen (secondary N) is 3. The highest BCUT2D eigenvalue weighted by Crippen LogP contribution is 2.37. The van der Waals surface area contributed by atoms with Gasteiger partial charge < -0.3 is 20.3 Å². The molecule has 2 aromatic heterocycles. The summed E-state index contributed by atoms with van der Waals surface area (Å²) in [7, 11) is 1.78. The third-order valence-corrected chi connectivity index (χ3v) is 11.6. The van der Waals surface area contributed by atoms with Crippen molar-refractivity contribution >= 4 is 41.0 Å². The van der Waals surface area contributed by atoms with Gasteiger partial charge in [0.15, 0.2) is 0 Å². The second kappa shape index (κ2) is 16.7. The number of rotatable bonds is 6. The van der Waals surface area contributed by atoms with Gasteiger partial charge in [0.25, 0.3) is 17.7 Å². The molecule has 8 rings (SSSR count). The van der Waals surface area contributed by atoms with E-state index >= 15 is 17.6 Å². The molecule has 4 aromatic rings. The first-order chi connectivity index (χ1) is 29.1. The van der Waals surface area contributed by atoms with Crippen LogP contribution in [0.5, 0.6) is 5.88 Å². The zero-order valence-electron chi connectivity index (χ0n) is 33.9. The molecule has 2 saturated heterocycles. The molecular formula is C43H45F4N9O5. The topological polar surface area (TPSA) is 163 Å². The molecule has 2 bridgehead atoms. The Morgan fingerprint density at radius 3 is 2.57 bits per heavy atom. The van der Waals surface area contributed by atoms with Gasteiger partial charge in [0.2, 0.25) is 23.7 Å². The van der Waals surface area contributed by atoms with E-state index in [2.05, 4.69) is 37.9 Å². The average Bonchev–Trinajstić information content (AvgIpc) is 3.74. The summed E-state index contributed by atoms with van der Waals surface area (Å²) in [4.78, 5) is 63.5. The number of anilines is 2. The number of likely N-dealkylation sites (tertiary alicyclic amines) is 1. The summed E-state index contributed by atoms with van der Waals surface area (Å²) in [6, 6.07) is 8.79.